The Labute approximate surface area is 72.2 Å². The van der Waals surface area contributed by atoms with Gasteiger partial charge in [-0.15, -0.1) is 0 Å². The summed E-state index contributed by atoms with van der Waals surface area (Å²) in [6, 6.07) is -1.95. The van der Waals surface area contributed by atoms with Gasteiger partial charge in [0, 0.05) is 12.0 Å². The topological polar surface area (TPSA) is 119 Å². The summed E-state index contributed by atoms with van der Waals surface area (Å²) < 4.78 is 0. The van der Waals surface area contributed by atoms with Crippen molar-refractivity contribution >= 4 is 17.8 Å². The Balaban J connectivity index is 3.10. The molecule has 8 heteroatoms. The molecule has 1 heterocycles. The number of aliphatic imine (C=N–C) groups is 1. The van der Waals surface area contributed by atoms with Crippen LogP contribution in [-0.4, -0.2) is 40.7 Å². The number of hydrogen-bond acceptors (Lipinski definition) is 5. The molecule has 0 bridgehead atoms. The van der Waals surface area contributed by atoms with Crippen LogP contribution < -0.4 is 5.73 Å². The second kappa shape index (κ2) is 2.81. The lowest BCUT2D eigenvalue weighted by atomic mass is 10.2. The highest BCUT2D eigenvalue weighted by molar-refractivity contribution is 6.16. The van der Waals surface area contributed by atoms with Crippen molar-refractivity contribution in [3.05, 3.63) is 10.1 Å². The summed E-state index contributed by atoms with van der Waals surface area (Å²) >= 11 is 0. The second-order valence-electron chi connectivity index (χ2n) is 2.39. The molecule has 0 saturated heterocycles. The van der Waals surface area contributed by atoms with Gasteiger partial charge in [0.1, 0.15) is 0 Å². The van der Waals surface area contributed by atoms with E-state index >= 15 is 0 Å². The van der Waals surface area contributed by atoms with Crippen LogP contribution in [0.4, 0.5) is 0 Å². The van der Waals surface area contributed by atoms with Crippen LogP contribution in [0.3, 0.4) is 0 Å². The van der Waals surface area contributed by atoms with E-state index in [9.17, 15) is 19.7 Å². The molecule has 1 atom stereocenters. The Hall–Kier alpha value is -1.99. The minimum atomic E-state index is -1.95. The van der Waals surface area contributed by atoms with Crippen LogP contribution in [0.15, 0.2) is 4.99 Å². The molecule has 2 N–H and O–H groups in total. The molecular formula is C5H6N4O4. The molecule has 1 aliphatic rings. The van der Waals surface area contributed by atoms with Crippen LogP contribution in [0.1, 0.15) is 0 Å². The van der Waals surface area contributed by atoms with E-state index in [2.05, 4.69) is 4.99 Å². The zero-order valence-electron chi connectivity index (χ0n) is 6.63. The van der Waals surface area contributed by atoms with E-state index < -0.39 is 22.8 Å². The third-order valence-electron chi connectivity index (χ3n) is 1.58. The number of nitrogens with two attached hydrogens (primary N) is 1. The first-order valence-electron chi connectivity index (χ1n) is 3.24. The van der Waals surface area contributed by atoms with Gasteiger partial charge in [0.05, 0.1) is 0 Å². The molecule has 0 saturated carbocycles. The largest absolute Gasteiger partial charge is 0.369 e. The van der Waals surface area contributed by atoms with Gasteiger partial charge < -0.3 is 5.73 Å². The Morgan fingerprint density at radius 2 is 2.15 bits per heavy atom. The molecule has 0 aromatic heterocycles. The van der Waals surface area contributed by atoms with Crippen molar-refractivity contribution in [3.63, 3.8) is 0 Å². The molecule has 1 rings (SSSR count). The summed E-state index contributed by atoms with van der Waals surface area (Å²) in [6.07, 6.45) is 0. The minimum absolute atomic E-state index is 0.326. The van der Waals surface area contributed by atoms with Crippen LogP contribution in [0, 0.1) is 10.1 Å². The molecule has 13 heavy (non-hydrogen) atoms. The smallest absolute Gasteiger partial charge is 0.369 e. The zero-order chi connectivity index (χ0) is 10.2. The van der Waals surface area contributed by atoms with Gasteiger partial charge in [0.25, 0.3) is 0 Å². The van der Waals surface area contributed by atoms with Gasteiger partial charge >= 0.3 is 17.9 Å². The zero-order valence-corrected chi connectivity index (χ0v) is 6.63. The van der Waals surface area contributed by atoms with Gasteiger partial charge in [-0.2, -0.15) is 4.99 Å². The predicted molar refractivity (Wildman–Crippen MR) is 40.2 cm³/mol. The molecular weight excluding hydrogens is 180 g/mol. The summed E-state index contributed by atoms with van der Waals surface area (Å²) in [5, 5.41) is 10.3. The summed E-state index contributed by atoms with van der Waals surface area (Å²) in [6.45, 7) is 0. The normalized spacial score (nSPS) is 23.0. The van der Waals surface area contributed by atoms with Gasteiger partial charge in [-0.05, 0) is 0 Å². The number of carbonyl (C=O) groups is 2. The van der Waals surface area contributed by atoms with Gasteiger partial charge in [0.2, 0.25) is 5.96 Å². The SMILES string of the molecule is CN1C(=O)C([N+](=O)[O-])C(=O)N=C1N. The molecule has 0 spiro atoms. The maximum absolute atomic E-state index is 11.1. The molecule has 0 aromatic carbocycles. The Kier molecular flexibility index (Phi) is 1.97. The Morgan fingerprint density at radius 3 is 2.62 bits per heavy atom. The van der Waals surface area contributed by atoms with Gasteiger partial charge in [0.15, 0.2) is 0 Å². The van der Waals surface area contributed by atoms with E-state index in [1.54, 1.807) is 0 Å². The van der Waals surface area contributed by atoms with E-state index in [4.69, 9.17) is 5.73 Å². The first kappa shape index (κ1) is 9.10. The third-order valence-corrected chi connectivity index (χ3v) is 1.58. The summed E-state index contributed by atoms with van der Waals surface area (Å²) in [4.78, 5) is 35.1. The van der Waals surface area contributed by atoms with Gasteiger partial charge in [-0.3, -0.25) is 24.6 Å². The van der Waals surface area contributed by atoms with Crippen LogP contribution in [0.2, 0.25) is 0 Å². The number of likely N-dealkylation sites (N-methyl/N-ethyl adjacent to an activating group) is 1. The first-order chi connectivity index (χ1) is 5.95. The van der Waals surface area contributed by atoms with Crippen molar-refractivity contribution in [1.82, 2.24) is 4.90 Å². The summed E-state index contributed by atoms with van der Waals surface area (Å²) in [7, 11) is 1.21. The number of rotatable bonds is 1. The average molecular weight is 186 g/mol. The number of guanidine groups is 1. The molecule has 0 fully saturated rings. The quantitative estimate of drug-likeness (QED) is 0.287. The van der Waals surface area contributed by atoms with Crippen molar-refractivity contribution in [2.75, 3.05) is 7.05 Å². The van der Waals surface area contributed by atoms with Crippen LogP contribution in [-0.2, 0) is 9.59 Å². The molecule has 0 aliphatic carbocycles. The highest BCUT2D eigenvalue weighted by atomic mass is 16.6. The summed E-state index contributed by atoms with van der Waals surface area (Å²) in [5.74, 6) is -2.43. The molecule has 70 valence electrons. The maximum atomic E-state index is 11.1. The van der Waals surface area contributed by atoms with E-state index in [0.717, 1.165) is 4.90 Å². The Morgan fingerprint density at radius 1 is 1.62 bits per heavy atom. The molecule has 2 amide bonds. The summed E-state index contributed by atoms with van der Waals surface area (Å²) in [5.41, 5.74) is 5.13. The number of hydrogen-bond donors (Lipinski definition) is 1. The maximum Gasteiger partial charge on any atom is 0.369 e. The van der Waals surface area contributed by atoms with E-state index in [0.29, 0.717) is 0 Å². The number of carbonyl (C=O) groups excluding carboxylic acids is 2. The fourth-order valence-electron chi connectivity index (χ4n) is 0.831. The fraction of sp³-hybridized carbons (Fsp3) is 0.400. The van der Waals surface area contributed by atoms with E-state index in [1.807, 2.05) is 0 Å². The predicted octanol–water partition coefficient (Wildman–Crippen LogP) is -2.05. The number of nitrogens with zero attached hydrogens (tertiary/aromatic N) is 3. The molecule has 0 radical (unpaired) electrons. The van der Waals surface area contributed by atoms with Gasteiger partial charge in [-0.25, -0.2) is 0 Å². The highest BCUT2D eigenvalue weighted by Gasteiger charge is 2.44. The van der Waals surface area contributed by atoms with E-state index in [-0.39, 0.29) is 5.96 Å². The van der Waals surface area contributed by atoms with Crippen molar-refractivity contribution in [1.29, 1.82) is 0 Å². The Bertz CT molecular complexity index is 322. The molecule has 0 aromatic rings. The highest BCUT2D eigenvalue weighted by Crippen LogP contribution is 2.05. The minimum Gasteiger partial charge on any atom is -0.369 e. The fourth-order valence-corrected chi connectivity index (χ4v) is 0.831. The standard InChI is InChI=1S/C5H6N4O4/c1-8-4(11)2(9(12)13)3(10)7-5(8)6/h2H,1H3,(H2,6,7,10). The van der Waals surface area contributed by atoms with Crippen LogP contribution >= 0.6 is 0 Å². The van der Waals surface area contributed by atoms with Crippen molar-refractivity contribution < 1.29 is 14.5 Å². The van der Waals surface area contributed by atoms with Crippen molar-refractivity contribution in [3.8, 4) is 0 Å². The lowest BCUT2D eigenvalue weighted by Gasteiger charge is -2.20. The number of nitro groups is 1. The monoisotopic (exact) mass is 186 g/mol. The average Bonchev–Trinajstić information content (AvgIpc) is 1.99. The van der Waals surface area contributed by atoms with Crippen molar-refractivity contribution in [2.45, 2.75) is 6.04 Å². The molecule has 8 nitrogen and oxygen atoms in total. The second-order valence-corrected chi connectivity index (χ2v) is 2.39. The first-order valence-corrected chi connectivity index (χ1v) is 3.24. The lowest BCUT2D eigenvalue weighted by Crippen LogP contribution is -2.54. The third kappa shape index (κ3) is 1.33. The lowest BCUT2D eigenvalue weighted by molar-refractivity contribution is -0.494. The van der Waals surface area contributed by atoms with Crippen LogP contribution in [0.5, 0.6) is 0 Å². The van der Waals surface area contributed by atoms with E-state index in [1.165, 1.54) is 7.05 Å². The molecule has 1 aliphatic heterocycles. The van der Waals surface area contributed by atoms with Gasteiger partial charge in [-0.1, -0.05) is 0 Å². The van der Waals surface area contributed by atoms with Crippen molar-refractivity contribution in [2.24, 2.45) is 10.7 Å². The van der Waals surface area contributed by atoms with Crippen LogP contribution in [0.25, 0.3) is 0 Å². The molecule has 1 unspecified atom stereocenters. The number of amides is 2.